The third-order valence-electron chi connectivity index (χ3n) is 4.67. The Kier molecular flexibility index (Phi) is 3.68. The van der Waals surface area contributed by atoms with E-state index in [2.05, 4.69) is 15.5 Å². The summed E-state index contributed by atoms with van der Waals surface area (Å²) in [5, 5.41) is 17.9. The van der Waals surface area contributed by atoms with Crippen LogP contribution in [0, 0.1) is 23.7 Å². The molecule has 1 amide bonds. The minimum Gasteiger partial charge on any atom is -0.481 e. The number of amides is 1. The van der Waals surface area contributed by atoms with Crippen molar-refractivity contribution in [1.29, 1.82) is 0 Å². The smallest absolute Gasteiger partial charge is 0.307 e. The number of aromatic nitrogens is 2. The van der Waals surface area contributed by atoms with Gasteiger partial charge in [-0.15, -0.1) is 11.3 Å². The van der Waals surface area contributed by atoms with E-state index in [1.54, 1.807) is 0 Å². The molecule has 4 atom stereocenters. The van der Waals surface area contributed by atoms with E-state index in [0.717, 1.165) is 11.3 Å². The number of carboxylic acids is 1. The van der Waals surface area contributed by atoms with Crippen LogP contribution in [0.2, 0.25) is 0 Å². The SMILES string of the molecule is O=C(O)[C@H]1[C@H](C(=O)NCc2nc(-c3cccs3)no2)[C@H]2C=C[C@H]1C2. The van der Waals surface area contributed by atoms with Crippen LogP contribution in [0.4, 0.5) is 0 Å². The molecule has 2 aromatic rings. The lowest BCUT2D eigenvalue weighted by Gasteiger charge is -2.23. The molecule has 2 aliphatic rings. The first-order chi connectivity index (χ1) is 11.6. The zero-order valence-corrected chi connectivity index (χ0v) is 13.4. The van der Waals surface area contributed by atoms with E-state index in [0.29, 0.717) is 11.7 Å². The lowest BCUT2D eigenvalue weighted by molar-refractivity contribution is -0.147. The minimum atomic E-state index is -0.912. The maximum absolute atomic E-state index is 12.5. The van der Waals surface area contributed by atoms with Gasteiger partial charge in [-0.2, -0.15) is 4.98 Å². The summed E-state index contributed by atoms with van der Waals surface area (Å²) in [4.78, 5) is 29.1. The zero-order chi connectivity index (χ0) is 16.7. The Hall–Kier alpha value is -2.48. The zero-order valence-electron chi connectivity index (χ0n) is 12.6. The van der Waals surface area contributed by atoms with Crippen LogP contribution in [-0.4, -0.2) is 27.1 Å². The van der Waals surface area contributed by atoms with Crippen molar-refractivity contribution in [3.05, 3.63) is 35.6 Å². The summed E-state index contributed by atoms with van der Waals surface area (Å²) in [5.74, 6) is -1.61. The van der Waals surface area contributed by atoms with Crippen molar-refractivity contribution >= 4 is 23.2 Å². The van der Waals surface area contributed by atoms with Gasteiger partial charge in [-0.1, -0.05) is 23.4 Å². The Morgan fingerprint density at radius 2 is 2.12 bits per heavy atom. The summed E-state index contributed by atoms with van der Waals surface area (Å²) in [5.41, 5.74) is 0. The first-order valence-corrected chi connectivity index (χ1v) is 8.57. The summed E-state index contributed by atoms with van der Waals surface area (Å²) in [6.07, 6.45) is 4.60. The van der Waals surface area contributed by atoms with Crippen LogP contribution < -0.4 is 5.32 Å². The largest absolute Gasteiger partial charge is 0.481 e. The standard InChI is InChI=1S/C16H15N3O4S/c20-15(12-8-3-4-9(6-8)13(12)16(21)22)17-7-11-18-14(19-23-11)10-2-1-5-24-10/h1-5,8-9,12-13H,6-7H2,(H,17,20)(H,21,22)/t8-,9-,12+,13+/m0/s1. The van der Waals surface area contributed by atoms with Gasteiger partial charge in [0.2, 0.25) is 17.6 Å². The van der Waals surface area contributed by atoms with E-state index >= 15 is 0 Å². The average molecular weight is 345 g/mol. The van der Waals surface area contributed by atoms with Crippen LogP contribution in [-0.2, 0) is 16.1 Å². The predicted octanol–water partition coefficient (Wildman–Crippen LogP) is 1.94. The molecule has 2 bridgehead atoms. The minimum absolute atomic E-state index is 0.000430. The van der Waals surface area contributed by atoms with E-state index in [-0.39, 0.29) is 24.3 Å². The van der Waals surface area contributed by atoms with Crippen LogP contribution in [0.5, 0.6) is 0 Å². The molecule has 124 valence electrons. The van der Waals surface area contributed by atoms with Gasteiger partial charge in [-0.25, -0.2) is 0 Å². The number of nitrogens with zero attached hydrogens (tertiary/aromatic N) is 2. The monoisotopic (exact) mass is 345 g/mol. The van der Waals surface area contributed by atoms with Gasteiger partial charge in [0.05, 0.1) is 23.3 Å². The van der Waals surface area contributed by atoms with E-state index in [4.69, 9.17) is 4.52 Å². The summed E-state index contributed by atoms with van der Waals surface area (Å²) in [6.45, 7) is 0.0984. The highest BCUT2D eigenvalue weighted by atomic mass is 32.1. The molecule has 4 rings (SSSR count). The van der Waals surface area contributed by atoms with Crippen LogP contribution in [0.25, 0.3) is 10.7 Å². The Morgan fingerprint density at radius 1 is 1.33 bits per heavy atom. The molecule has 7 nitrogen and oxygen atoms in total. The Balaban J connectivity index is 1.42. The summed E-state index contributed by atoms with van der Waals surface area (Å²) < 4.78 is 5.14. The van der Waals surface area contributed by atoms with Crippen molar-refractivity contribution in [2.24, 2.45) is 23.7 Å². The normalized spacial score (nSPS) is 27.5. The first-order valence-electron chi connectivity index (χ1n) is 7.69. The summed E-state index contributed by atoms with van der Waals surface area (Å²) in [7, 11) is 0. The Morgan fingerprint density at radius 3 is 2.83 bits per heavy atom. The number of carboxylic acid groups (broad SMARTS) is 1. The fourth-order valence-corrected chi connectivity index (χ4v) is 4.28. The number of fused-ring (bicyclic) bond motifs is 2. The lowest BCUT2D eigenvalue weighted by Crippen LogP contribution is -2.39. The molecule has 2 aliphatic carbocycles. The van der Waals surface area contributed by atoms with Crippen molar-refractivity contribution in [1.82, 2.24) is 15.5 Å². The number of nitrogens with one attached hydrogen (secondary N) is 1. The molecule has 8 heteroatoms. The highest BCUT2D eigenvalue weighted by molar-refractivity contribution is 7.13. The number of carbonyl (C=O) groups is 2. The predicted molar refractivity (Wildman–Crippen MR) is 84.8 cm³/mol. The van der Waals surface area contributed by atoms with Gasteiger partial charge in [0.15, 0.2) is 0 Å². The number of carbonyl (C=O) groups excluding carboxylic acids is 1. The van der Waals surface area contributed by atoms with Gasteiger partial charge in [-0.05, 0) is 29.7 Å². The molecule has 2 N–H and O–H groups in total. The van der Waals surface area contributed by atoms with Crippen molar-refractivity contribution in [2.75, 3.05) is 0 Å². The van der Waals surface area contributed by atoms with Gasteiger partial charge in [-0.3, -0.25) is 9.59 Å². The number of rotatable bonds is 5. The highest BCUT2D eigenvalue weighted by Crippen LogP contribution is 2.48. The fraction of sp³-hybridized carbons (Fsp3) is 0.375. The molecule has 2 aromatic heterocycles. The quantitative estimate of drug-likeness (QED) is 0.802. The Bertz CT molecular complexity index is 798. The molecule has 24 heavy (non-hydrogen) atoms. The maximum Gasteiger partial charge on any atom is 0.307 e. The number of aliphatic carboxylic acids is 1. The highest BCUT2D eigenvalue weighted by Gasteiger charge is 2.51. The fourth-order valence-electron chi connectivity index (χ4n) is 3.63. The molecule has 0 radical (unpaired) electrons. The molecule has 1 saturated carbocycles. The third kappa shape index (κ3) is 2.52. The maximum atomic E-state index is 12.5. The first kappa shape index (κ1) is 15.1. The Labute approximate surface area is 141 Å². The van der Waals surface area contributed by atoms with Gasteiger partial charge < -0.3 is 14.9 Å². The van der Waals surface area contributed by atoms with E-state index in [9.17, 15) is 14.7 Å². The van der Waals surface area contributed by atoms with Crippen molar-refractivity contribution < 1.29 is 19.2 Å². The van der Waals surface area contributed by atoms with Crippen LogP contribution >= 0.6 is 11.3 Å². The lowest BCUT2D eigenvalue weighted by atomic mass is 9.82. The van der Waals surface area contributed by atoms with E-state index < -0.39 is 17.8 Å². The van der Waals surface area contributed by atoms with Gasteiger partial charge in [0.25, 0.3) is 0 Å². The number of hydrogen-bond acceptors (Lipinski definition) is 6. The average Bonchev–Trinajstić information content (AvgIpc) is 3.35. The van der Waals surface area contributed by atoms with Crippen molar-refractivity contribution in [3.8, 4) is 10.7 Å². The molecular formula is C16H15N3O4S. The topological polar surface area (TPSA) is 105 Å². The second kappa shape index (κ2) is 5.86. The second-order valence-electron chi connectivity index (χ2n) is 6.04. The molecule has 0 spiro atoms. The molecule has 1 fully saturated rings. The molecule has 0 unspecified atom stereocenters. The summed E-state index contributed by atoms with van der Waals surface area (Å²) >= 11 is 1.50. The summed E-state index contributed by atoms with van der Waals surface area (Å²) in [6, 6.07) is 3.78. The van der Waals surface area contributed by atoms with E-state index in [1.807, 2.05) is 29.7 Å². The molecule has 2 heterocycles. The third-order valence-corrected chi connectivity index (χ3v) is 5.54. The van der Waals surface area contributed by atoms with Gasteiger partial charge in [0.1, 0.15) is 0 Å². The molecule has 0 aromatic carbocycles. The van der Waals surface area contributed by atoms with Crippen molar-refractivity contribution in [3.63, 3.8) is 0 Å². The molecule has 0 aliphatic heterocycles. The van der Waals surface area contributed by atoms with Crippen LogP contribution in [0.3, 0.4) is 0 Å². The van der Waals surface area contributed by atoms with E-state index in [1.165, 1.54) is 11.3 Å². The molecule has 0 saturated heterocycles. The van der Waals surface area contributed by atoms with Crippen LogP contribution in [0.1, 0.15) is 12.3 Å². The molecular weight excluding hydrogens is 330 g/mol. The number of thiophene rings is 1. The van der Waals surface area contributed by atoms with Crippen molar-refractivity contribution in [2.45, 2.75) is 13.0 Å². The number of allylic oxidation sites excluding steroid dienone is 2. The van der Waals surface area contributed by atoms with Gasteiger partial charge in [0, 0.05) is 0 Å². The second-order valence-corrected chi connectivity index (χ2v) is 6.99. The van der Waals surface area contributed by atoms with Gasteiger partial charge >= 0.3 is 5.97 Å². The number of hydrogen-bond donors (Lipinski definition) is 2. The van der Waals surface area contributed by atoms with Crippen LogP contribution in [0.15, 0.2) is 34.2 Å².